The average molecular weight is 658 g/mol. The smallest absolute Gasteiger partial charge is 0.353 e. The summed E-state index contributed by atoms with van der Waals surface area (Å²) in [7, 11) is 1.39. The van der Waals surface area contributed by atoms with E-state index < -0.39 is 22.7 Å². The quantitative estimate of drug-likeness (QED) is 0.0917. The van der Waals surface area contributed by atoms with Gasteiger partial charge in [0.15, 0.2) is 11.5 Å². The molecule has 5 aromatic rings. The van der Waals surface area contributed by atoms with Crippen molar-refractivity contribution in [3.63, 3.8) is 0 Å². The molecule has 0 radical (unpaired) electrons. The lowest BCUT2D eigenvalue weighted by Gasteiger charge is -2.11. The molecule has 1 atom stereocenters. The molecule has 0 saturated carbocycles. The van der Waals surface area contributed by atoms with Crippen LogP contribution in [0.25, 0.3) is 5.65 Å². The molecule has 1 aliphatic carbocycles. The number of carboxylic acid groups (broad SMARTS) is 1. The third-order valence-electron chi connectivity index (χ3n) is 7.65. The number of aromatic carboxylic acids is 1. The number of hydrogen-bond acceptors (Lipinski definition) is 13. The summed E-state index contributed by atoms with van der Waals surface area (Å²) >= 11 is 0. The molecule has 3 aromatic carbocycles. The molecule has 2 heterocycles. The molecular formula is C32H35N9O7. The van der Waals surface area contributed by atoms with Crippen LogP contribution in [0.3, 0.4) is 0 Å². The van der Waals surface area contributed by atoms with Gasteiger partial charge in [-0.2, -0.15) is 4.98 Å². The molecule has 0 fully saturated rings. The number of nitrogens with zero attached hydrogens (tertiary/aromatic N) is 3. The van der Waals surface area contributed by atoms with Gasteiger partial charge in [-0.1, -0.05) is 37.8 Å². The number of aromatic nitrogens is 3. The summed E-state index contributed by atoms with van der Waals surface area (Å²) in [5, 5.41) is 14.9. The number of anilines is 4. The van der Waals surface area contributed by atoms with Crippen molar-refractivity contribution < 1.29 is 24.2 Å². The molecule has 0 aliphatic heterocycles. The van der Waals surface area contributed by atoms with Gasteiger partial charge in [0, 0.05) is 25.2 Å². The second-order valence-electron chi connectivity index (χ2n) is 10.7. The van der Waals surface area contributed by atoms with E-state index in [1.807, 2.05) is 12.1 Å². The van der Waals surface area contributed by atoms with Crippen molar-refractivity contribution in [2.24, 2.45) is 5.73 Å². The number of ether oxygens (including phenoxy) is 1. The van der Waals surface area contributed by atoms with Gasteiger partial charge in [-0.25, -0.2) is 14.6 Å². The van der Waals surface area contributed by atoms with Gasteiger partial charge in [-0.05, 0) is 47.2 Å². The Morgan fingerprint density at radius 2 is 1.71 bits per heavy atom. The number of methoxy groups -OCH3 is 1. The lowest BCUT2D eigenvalue weighted by Crippen LogP contribution is -2.36. The molecule has 6 rings (SSSR count). The Bertz CT molecular complexity index is 2120. The van der Waals surface area contributed by atoms with Gasteiger partial charge >= 0.3 is 11.9 Å². The van der Waals surface area contributed by atoms with Crippen LogP contribution < -0.4 is 44.4 Å². The first-order chi connectivity index (χ1) is 22.4. The number of hydrogen-bond donors (Lipinski definition) is 7. The molecule has 250 valence electrons. The second kappa shape index (κ2) is 14.0. The van der Waals surface area contributed by atoms with E-state index >= 15 is 0 Å². The molecule has 48 heavy (non-hydrogen) atoms. The van der Waals surface area contributed by atoms with Crippen LogP contribution in [0, 0.1) is 0 Å². The summed E-state index contributed by atoms with van der Waals surface area (Å²) in [5.74, 6) is -2.50. The molecule has 2 aromatic heterocycles. The number of nitrogens with two attached hydrogens (primary N) is 4. The highest BCUT2D eigenvalue weighted by molar-refractivity contribution is 5.97. The van der Waals surface area contributed by atoms with Gasteiger partial charge in [-0.15, -0.1) is 0 Å². The van der Waals surface area contributed by atoms with Crippen molar-refractivity contribution in [2.45, 2.75) is 39.4 Å². The lowest BCUT2D eigenvalue weighted by molar-refractivity contribution is 0.0599. The normalized spacial score (nSPS) is 13.2. The summed E-state index contributed by atoms with van der Waals surface area (Å²) in [6.07, 6.45) is 1.93. The highest BCUT2D eigenvalue weighted by Gasteiger charge is 2.22. The minimum absolute atomic E-state index is 0. The number of esters is 1. The van der Waals surface area contributed by atoms with Crippen LogP contribution >= 0.6 is 0 Å². The minimum atomic E-state index is -1.33. The predicted octanol–water partition coefficient (Wildman–Crippen LogP) is 1.37. The number of benzene rings is 2. The Kier molecular flexibility index (Phi) is 10.1. The van der Waals surface area contributed by atoms with Gasteiger partial charge in [0.05, 0.1) is 12.7 Å². The van der Waals surface area contributed by atoms with E-state index in [9.17, 15) is 29.1 Å². The Hall–Kier alpha value is -6.29. The molecule has 0 unspecified atom stereocenters. The topological polar surface area (TPSA) is 273 Å². The van der Waals surface area contributed by atoms with Gasteiger partial charge < -0.3 is 43.4 Å². The fraction of sp³-hybridized carbons (Fsp3) is 0.219. The molecule has 11 N–H and O–H groups in total. The first kappa shape index (κ1) is 34.6. The number of nitrogens with one attached hydrogen (secondary N) is 2. The predicted molar refractivity (Wildman–Crippen MR) is 179 cm³/mol. The molecule has 0 spiro atoms. The van der Waals surface area contributed by atoms with Crippen LogP contribution in [-0.2, 0) is 24.2 Å². The largest absolute Gasteiger partial charge is 0.477 e. The van der Waals surface area contributed by atoms with E-state index in [2.05, 4.69) is 25.3 Å². The van der Waals surface area contributed by atoms with Crippen LogP contribution in [-0.4, -0.2) is 44.4 Å². The second-order valence-corrected chi connectivity index (χ2v) is 10.7. The summed E-state index contributed by atoms with van der Waals surface area (Å²) in [5.41, 5.74) is 25.4. The zero-order valence-electron chi connectivity index (χ0n) is 25.1. The Labute approximate surface area is 273 Å². The SMILES string of the molecule is C.COC(=O)c1ccc2c(c1)CC[C@@H]2N.Nc1c(NCc2cccc(CNC(=O)c3cc(C(=O)O)n4c(N)nc(N)c4n3)c2)c(=O)c1=O. The zero-order valence-corrected chi connectivity index (χ0v) is 25.1. The molecule has 16 nitrogen and oxygen atoms in total. The van der Waals surface area contributed by atoms with E-state index in [0.717, 1.165) is 40.0 Å². The first-order valence-corrected chi connectivity index (χ1v) is 14.2. The summed E-state index contributed by atoms with van der Waals surface area (Å²) in [6, 6.07) is 13.9. The van der Waals surface area contributed by atoms with E-state index in [4.69, 9.17) is 22.9 Å². The number of nitrogen functional groups attached to an aromatic ring is 3. The molecule has 1 amide bonds. The zero-order chi connectivity index (χ0) is 34.0. The first-order valence-electron chi connectivity index (χ1n) is 14.2. The maximum absolute atomic E-state index is 12.6. The molecule has 16 heteroatoms. The van der Waals surface area contributed by atoms with Crippen LogP contribution in [0.1, 0.15) is 73.5 Å². The van der Waals surface area contributed by atoms with Crippen LogP contribution in [0.2, 0.25) is 0 Å². The third kappa shape index (κ3) is 6.78. The molecular weight excluding hydrogens is 622 g/mol. The number of carboxylic acids is 1. The fourth-order valence-electron chi connectivity index (χ4n) is 5.20. The van der Waals surface area contributed by atoms with Gasteiger partial charge in [0.1, 0.15) is 22.8 Å². The Morgan fingerprint density at radius 1 is 1.00 bits per heavy atom. The maximum Gasteiger partial charge on any atom is 0.353 e. The van der Waals surface area contributed by atoms with Crippen LogP contribution in [0.4, 0.5) is 23.1 Å². The van der Waals surface area contributed by atoms with Crippen molar-refractivity contribution in [3.8, 4) is 0 Å². The van der Waals surface area contributed by atoms with Gasteiger partial charge in [-0.3, -0.25) is 18.8 Å². The standard InChI is InChI=1S/C20H18N8O5.C11H13NO2.CH4/c21-12-13(15(30)14(12)29)24-6-8-2-1-3-9(4-8)7-25-18(31)10-5-11(19(32)33)28-17(26-10)16(22)27-20(28)23;1-14-11(13)8-2-4-9-7(6-8)3-5-10(9)12;/h1-5,24H,6-7,21-22H2,(H2,23,27)(H,25,31)(H,32,33);2,4,6,10H,3,5,12H2,1H3;1H4/t;10-;/m.0./s1. The highest BCUT2D eigenvalue weighted by Crippen LogP contribution is 2.29. The molecule has 0 saturated heterocycles. The number of aryl methyl sites for hydroxylation is 1. The number of carbonyl (C=O) groups is 3. The summed E-state index contributed by atoms with van der Waals surface area (Å²) in [6.45, 7) is 0.361. The molecule has 0 bridgehead atoms. The van der Waals surface area contributed by atoms with Gasteiger partial charge in [0.25, 0.3) is 16.8 Å². The Balaban J connectivity index is 0.000000290. The molecule has 1 aliphatic rings. The monoisotopic (exact) mass is 657 g/mol. The number of amides is 1. The number of carbonyl (C=O) groups excluding carboxylic acids is 2. The van der Waals surface area contributed by atoms with Crippen LogP contribution in [0.15, 0.2) is 58.1 Å². The van der Waals surface area contributed by atoms with E-state index in [1.54, 1.807) is 30.3 Å². The lowest BCUT2D eigenvalue weighted by atomic mass is 10.1. The van der Waals surface area contributed by atoms with Crippen molar-refractivity contribution in [1.82, 2.24) is 19.7 Å². The van der Waals surface area contributed by atoms with E-state index in [0.29, 0.717) is 5.56 Å². The number of rotatable bonds is 8. The van der Waals surface area contributed by atoms with Crippen molar-refractivity contribution in [2.75, 3.05) is 29.6 Å². The van der Waals surface area contributed by atoms with Crippen LogP contribution in [0.5, 0.6) is 0 Å². The summed E-state index contributed by atoms with van der Waals surface area (Å²) in [4.78, 5) is 66.0. The van der Waals surface area contributed by atoms with E-state index in [1.165, 1.54) is 12.7 Å². The third-order valence-corrected chi connectivity index (χ3v) is 7.65. The van der Waals surface area contributed by atoms with E-state index in [-0.39, 0.29) is 72.7 Å². The average Bonchev–Trinajstić information content (AvgIpc) is 3.59. The highest BCUT2D eigenvalue weighted by atomic mass is 16.5. The summed E-state index contributed by atoms with van der Waals surface area (Å²) < 4.78 is 5.70. The van der Waals surface area contributed by atoms with Crippen molar-refractivity contribution in [1.29, 1.82) is 0 Å². The van der Waals surface area contributed by atoms with Crippen molar-refractivity contribution in [3.05, 3.63) is 108 Å². The fourth-order valence-corrected chi connectivity index (χ4v) is 5.20. The number of fused-ring (bicyclic) bond motifs is 2. The maximum atomic E-state index is 12.6. The van der Waals surface area contributed by atoms with Crippen molar-refractivity contribution >= 4 is 46.6 Å². The number of imidazole rings is 1. The Morgan fingerprint density at radius 3 is 2.38 bits per heavy atom. The van der Waals surface area contributed by atoms with Gasteiger partial charge in [0.2, 0.25) is 5.95 Å². The minimum Gasteiger partial charge on any atom is -0.477 e.